The van der Waals surface area contributed by atoms with E-state index in [9.17, 15) is 18.5 Å². The van der Waals surface area contributed by atoms with Gasteiger partial charge in [-0.05, 0) is 25.0 Å². The summed E-state index contributed by atoms with van der Waals surface area (Å²) in [5.74, 6) is 0. The van der Waals surface area contributed by atoms with Crippen molar-refractivity contribution in [1.29, 1.82) is 0 Å². The third kappa shape index (κ3) is 3.06. The molecule has 0 radical (unpaired) electrons. The predicted octanol–water partition coefficient (Wildman–Crippen LogP) is 0.634. The standard InChI is InChI=1S/C11H15N3O5S/c12-9-4-1-5-10(11(9)14(15)16)20(17,18)13-7-8-3-2-6-19-8/h1,4-5,8,13H,2-3,6-7,12H2. The molecule has 1 unspecified atom stereocenters. The molecule has 0 aliphatic carbocycles. The van der Waals surface area contributed by atoms with Crippen LogP contribution >= 0.6 is 0 Å². The Morgan fingerprint density at radius 1 is 1.50 bits per heavy atom. The minimum absolute atomic E-state index is 0.0916. The zero-order valence-corrected chi connectivity index (χ0v) is 11.4. The number of nitrogens with zero attached hydrogens (tertiary/aromatic N) is 1. The van der Waals surface area contributed by atoms with Crippen LogP contribution in [0.3, 0.4) is 0 Å². The number of sulfonamides is 1. The van der Waals surface area contributed by atoms with Crippen molar-refractivity contribution in [2.75, 3.05) is 18.9 Å². The van der Waals surface area contributed by atoms with Crippen LogP contribution in [0.25, 0.3) is 0 Å². The minimum Gasteiger partial charge on any atom is -0.393 e. The van der Waals surface area contributed by atoms with Crippen molar-refractivity contribution in [3.63, 3.8) is 0 Å². The molecule has 0 saturated carbocycles. The third-order valence-electron chi connectivity index (χ3n) is 3.03. The molecule has 1 aromatic rings. The number of rotatable bonds is 5. The fourth-order valence-corrected chi connectivity index (χ4v) is 3.30. The van der Waals surface area contributed by atoms with Gasteiger partial charge in [0.15, 0.2) is 4.90 Å². The maximum absolute atomic E-state index is 12.1. The van der Waals surface area contributed by atoms with Crippen molar-refractivity contribution in [3.8, 4) is 0 Å². The Morgan fingerprint density at radius 2 is 2.25 bits per heavy atom. The second kappa shape index (κ2) is 5.73. The normalized spacial score (nSPS) is 19.1. The number of hydrogen-bond acceptors (Lipinski definition) is 6. The highest BCUT2D eigenvalue weighted by atomic mass is 32.2. The average Bonchev–Trinajstić information content (AvgIpc) is 2.89. The molecule has 0 spiro atoms. The number of anilines is 1. The largest absolute Gasteiger partial charge is 0.393 e. The van der Waals surface area contributed by atoms with Crippen molar-refractivity contribution in [2.45, 2.75) is 23.8 Å². The fraction of sp³-hybridized carbons (Fsp3) is 0.455. The molecule has 1 aromatic carbocycles. The molecule has 0 bridgehead atoms. The van der Waals surface area contributed by atoms with E-state index in [4.69, 9.17) is 10.5 Å². The van der Waals surface area contributed by atoms with Gasteiger partial charge in [0, 0.05) is 13.2 Å². The number of ether oxygens (including phenoxy) is 1. The molecule has 1 atom stereocenters. The second-order valence-corrected chi connectivity index (χ2v) is 6.17. The Balaban J connectivity index is 2.24. The highest BCUT2D eigenvalue weighted by molar-refractivity contribution is 7.89. The van der Waals surface area contributed by atoms with Crippen LogP contribution in [0, 0.1) is 10.1 Å². The van der Waals surface area contributed by atoms with Crippen LogP contribution in [-0.4, -0.2) is 32.6 Å². The molecule has 0 amide bonds. The van der Waals surface area contributed by atoms with E-state index < -0.39 is 25.5 Å². The molecule has 20 heavy (non-hydrogen) atoms. The number of nitro benzene ring substituents is 1. The smallest absolute Gasteiger partial charge is 0.312 e. The Bertz CT molecular complexity index is 610. The number of nitrogens with two attached hydrogens (primary N) is 1. The number of nitrogen functional groups attached to an aromatic ring is 1. The Labute approximate surface area is 116 Å². The monoisotopic (exact) mass is 301 g/mol. The summed E-state index contributed by atoms with van der Waals surface area (Å²) < 4.78 is 31.9. The molecule has 0 aromatic heterocycles. The molecule has 9 heteroatoms. The first-order valence-electron chi connectivity index (χ1n) is 6.06. The lowest BCUT2D eigenvalue weighted by atomic mass is 10.2. The summed E-state index contributed by atoms with van der Waals surface area (Å²) in [6.07, 6.45) is 1.46. The van der Waals surface area contributed by atoms with Crippen molar-refractivity contribution in [1.82, 2.24) is 4.72 Å². The van der Waals surface area contributed by atoms with Crippen LogP contribution in [0.15, 0.2) is 23.1 Å². The molecule has 1 aliphatic heterocycles. The quantitative estimate of drug-likeness (QED) is 0.467. The van der Waals surface area contributed by atoms with Gasteiger partial charge in [-0.25, -0.2) is 13.1 Å². The van der Waals surface area contributed by atoms with Gasteiger partial charge < -0.3 is 10.5 Å². The van der Waals surface area contributed by atoms with Crippen LogP contribution < -0.4 is 10.5 Å². The molecule has 3 N–H and O–H groups in total. The van der Waals surface area contributed by atoms with Gasteiger partial charge in [-0.3, -0.25) is 10.1 Å². The average molecular weight is 301 g/mol. The van der Waals surface area contributed by atoms with Crippen LogP contribution in [0.2, 0.25) is 0 Å². The molecule has 1 saturated heterocycles. The topological polar surface area (TPSA) is 125 Å². The number of nitro groups is 1. The molecule has 8 nitrogen and oxygen atoms in total. The minimum atomic E-state index is -4.00. The zero-order chi connectivity index (χ0) is 14.8. The molecular formula is C11H15N3O5S. The van der Waals surface area contributed by atoms with Crippen LogP contribution in [0.1, 0.15) is 12.8 Å². The van der Waals surface area contributed by atoms with Gasteiger partial charge >= 0.3 is 5.69 Å². The summed E-state index contributed by atoms with van der Waals surface area (Å²) in [5, 5.41) is 11.0. The van der Waals surface area contributed by atoms with E-state index in [0.29, 0.717) is 6.61 Å². The first-order valence-corrected chi connectivity index (χ1v) is 7.54. The Kier molecular flexibility index (Phi) is 4.21. The second-order valence-electron chi connectivity index (χ2n) is 4.44. The van der Waals surface area contributed by atoms with Crippen LogP contribution in [0.5, 0.6) is 0 Å². The molecule has 1 fully saturated rings. The van der Waals surface area contributed by atoms with Gasteiger partial charge in [0.25, 0.3) is 0 Å². The lowest BCUT2D eigenvalue weighted by Gasteiger charge is -2.12. The highest BCUT2D eigenvalue weighted by Crippen LogP contribution is 2.29. The Hall–Kier alpha value is -1.71. The summed E-state index contributed by atoms with van der Waals surface area (Å²) in [6.45, 7) is 0.694. The summed E-state index contributed by atoms with van der Waals surface area (Å²) in [5.41, 5.74) is 4.69. The maximum atomic E-state index is 12.1. The summed E-state index contributed by atoms with van der Waals surface area (Å²) in [7, 11) is -4.00. The molecular weight excluding hydrogens is 286 g/mol. The van der Waals surface area contributed by atoms with Crippen molar-refractivity contribution in [3.05, 3.63) is 28.3 Å². The SMILES string of the molecule is Nc1cccc(S(=O)(=O)NCC2CCCO2)c1[N+](=O)[O-]. The van der Waals surface area contributed by atoms with E-state index in [1.54, 1.807) is 0 Å². The highest BCUT2D eigenvalue weighted by Gasteiger charge is 2.29. The Morgan fingerprint density at radius 3 is 2.85 bits per heavy atom. The molecule has 2 rings (SSSR count). The van der Waals surface area contributed by atoms with Gasteiger partial charge in [0.2, 0.25) is 10.0 Å². The van der Waals surface area contributed by atoms with Crippen molar-refractivity contribution in [2.24, 2.45) is 0 Å². The van der Waals surface area contributed by atoms with E-state index in [1.165, 1.54) is 12.1 Å². The van der Waals surface area contributed by atoms with Crippen molar-refractivity contribution < 1.29 is 18.1 Å². The van der Waals surface area contributed by atoms with Crippen LogP contribution in [-0.2, 0) is 14.8 Å². The third-order valence-corrected chi connectivity index (χ3v) is 4.48. The van der Waals surface area contributed by atoms with E-state index in [1.807, 2.05) is 0 Å². The van der Waals surface area contributed by atoms with Gasteiger partial charge in [0.1, 0.15) is 5.69 Å². The summed E-state index contributed by atoms with van der Waals surface area (Å²) >= 11 is 0. The van der Waals surface area contributed by atoms with E-state index in [2.05, 4.69) is 4.72 Å². The summed E-state index contributed by atoms with van der Waals surface area (Å²) in [4.78, 5) is 9.73. The van der Waals surface area contributed by atoms with Gasteiger partial charge in [-0.15, -0.1) is 0 Å². The predicted molar refractivity (Wildman–Crippen MR) is 71.7 cm³/mol. The molecule has 1 aliphatic rings. The van der Waals surface area contributed by atoms with E-state index >= 15 is 0 Å². The number of para-hydroxylation sites is 1. The zero-order valence-electron chi connectivity index (χ0n) is 10.6. The molecule has 1 heterocycles. The molecule has 110 valence electrons. The number of hydrogen-bond donors (Lipinski definition) is 2. The van der Waals surface area contributed by atoms with E-state index in [-0.39, 0.29) is 18.3 Å². The summed E-state index contributed by atoms with van der Waals surface area (Å²) in [6, 6.07) is 3.81. The lowest BCUT2D eigenvalue weighted by molar-refractivity contribution is -0.386. The van der Waals surface area contributed by atoms with Gasteiger partial charge in [-0.1, -0.05) is 6.07 Å². The first-order chi connectivity index (χ1) is 9.42. The first kappa shape index (κ1) is 14.7. The number of benzene rings is 1. The van der Waals surface area contributed by atoms with Crippen molar-refractivity contribution >= 4 is 21.4 Å². The van der Waals surface area contributed by atoms with Crippen LogP contribution in [0.4, 0.5) is 11.4 Å². The van der Waals surface area contributed by atoms with E-state index in [0.717, 1.165) is 18.9 Å². The number of nitrogens with one attached hydrogen (secondary N) is 1. The maximum Gasteiger partial charge on any atom is 0.312 e. The fourth-order valence-electron chi connectivity index (χ4n) is 2.04. The van der Waals surface area contributed by atoms with Gasteiger partial charge in [0.05, 0.1) is 11.0 Å². The lowest BCUT2D eigenvalue weighted by Crippen LogP contribution is -2.32. The van der Waals surface area contributed by atoms with Gasteiger partial charge in [-0.2, -0.15) is 0 Å².